The van der Waals surface area contributed by atoms with E-state index in [1.807, 2.05) is 14.1 Å². The molecule has 2 nitrogen and oxygen atoms in total. The van der Waals surface area contributed by atoms with E-state index in [1.54, 1.807) is 0 Å². The Balaban J connectivity index is -0.0000000131. The third-order valence-corrected chi connectivity index (χ3v) is 0. The molecule has 1 N–H and O–H groups in total. The fourth-order valence-electron chi connectivity index (χ4n) is 0. The van der Waals surface area contributed by atoms with Crippen LogP contribution in [0, 0.1) is 0 Å². The van der Waals surface area contributed by atoms with Gasteiger partial charge in [-0.05, 0) is 27.9 Å². The van der Waals surface area contributed by atoms with Crippen LogP contribution in [0.4, 0.5) is 0 Å². The van der Waals surface area contributed by atoms with E-state index in [4.69, 9.17) is 0 Å². The van der Waals surface area contributed by atoms with Gasteiger partial charge in [0.15, 0.2) is 0 Å². The van der Waals surface area contributed by atoms with E-state index >= 15 is 0 Å². The number of Topliss-reactive ketones (excluding diaryl/α,β-unsaturated/α-hetero) is 1. The van der Waals surface area contributed by atoms with Gasteiger partial charge in [0.2, 0.25) is 0 Å². The van der Waals surface area contributed by atoms with Gasteiger partial charge < -0.3 is 10.1 Å². The van der Waals surface area contributed by atoms with E-state index in [2.05, 4.69) is 5.32 Å². The van der Waals surface area contributed by atoms with E-state index in [9.17, 15) is 4.79 Å². The molecule has 0 unspecified atom stereocenters. The molecule has 0 fully saturated rings. The van der Waals surface area contributed by atoms with Crippen molar-refractivity contribution in [2.24, 2.45) is 0 Å². The molecule has 0 rings (SSSR count). The van der Waals surface area contributed by atoms with Gasteiger partial charge in [-0.2, -0.15) is 0 Å². The number of hydrogen-bond donors (Lipinski definition) is 1. The van der Waals surface area contributed by atoms with Crippen LogP contribution in [0.2, 0.25) is 0 Å². The topological polar surface area (TPSA) is 29.1 Å². The van der Waals surface area contributed by atoms with Gasteiger partial charge in [0.25, 0.3) is 0 Å². The summed E-state index contributed by atoms with van der Waals surface area (Å²) in [6, 6.07) is 0. The molecule has 0 amide bonds. The molecule has 0 radical (unpaired) electrons. The lowest BCUT2D eigenvalue weighted by atomic mass is 10.6. The Labute approximate surface area is 67.0 Å². The molecule has 10 heavy (non-hydrogen) atoms. The minimum absolute atomic E-state index is 0. The molecular weight excluding hydrogens is 126 g/mol. The van der Waals surface area contributed by atoms with Crippen molar-refractivity contribution in [2.75, 3.05) is 14.1 Å². The molecule has 0 saturated carbocycles. The van der Waals surface area contributed by atoms with Crippen LogP contribution >= 0.6 is 0 Å². The summed E-state index contributed by atoms with van der Waals surface area (Å²) in [7, 11) is 3.75. The lowest BCUT2D eigenvalue weighted by molar-refractivity contribution is -0.114. The zero-order chi connectivity index (χ0) is 6.28. The molecule has 2 heteroatoms. The van der Waals surface area contributed by atoms with Crippen LogP contribution in [0.5, 0.6) is 0 Å². The largest absolute Gasteiger partial charge is 0.323 e. The van der Waals surface area contributed by atoms with Crippen LogP contribution in [0.1, 0.15) is 36.1 Å². The lowest BCUT2D eigenvalue weighted by Crippen LogP contribution is -1.89. The first kappa shape index (κ1) is 33.5. The fraction of sp³-hybridized carbons (Fsp3) is 0.875. The van der Waals surface area contributed by atoms with E-state index < -0.39 is 0 Å². The summed E-state index contributed by atoms with van der Waals surface area (Å²) < 4.78 is 0. The van der Waals surface area contributed by atoms with Gasteiger partial charge in [0.05, 0.1) is 0 Å². The first-order valence-electron chi connectivity index (χ1n) is 2.20. The SMILES string of the molecule is C.C.C.CC(C)=O.CNC. The molecule has 0 aromatic carbocycles. The van der Waals surface area contributed by atoms with Crippen molar-refractivity contribution < 1.29 is 4.79 Å². The fourth-order valence-corrected chi connectivity index (χ4v) is 0. The summed E-state index contributed by atoms with van der Waals surface area (Å²) in [6.45, 7) is 3.06. The maximum atomic E-state index is 9.44. The predicted octanol–water partition coefficient (Wildman–Crippen LogP) is 2.34. The molecule has 0 saturated heterocycles. The zero-order valence-corrected chi connectivity index (χ0v) is 5.41. The summed E-state index contributed by atoms with van der Waals surface area (Å²) >= 11 is 0. The van der Waals surface area contributed by atoms with Gasteiger partial charge in [0.1, 0.15) is 5.78 Å². The van der Waals surface area contributed by atoms with E-state index in [0.29, 0.717) is 0 Å². The van der Waals surface area contributed by atoms with Crippen molar-refractivity contribution in [3.8, 4) is 0 Å². The quantitative estimate of drug-likeness (QED) is 0.576. The van der Waals surface area contributed by atoms with Crippen molar-refractivity contribution in [3.63, 3.8) is 0 Å². The van der Waals surface area contributed by atoms with Gasteiger partial charge in [-0.1, -0.05) is 22.3 Å². The summed E-state index contributed by atoms with van der Waals surface area (Å²) in [6.07, 6.45) is 0. The van der Waals surface area contributed by atoms with Crippen LogP contribution in [0.15, 0.2) is 0 Å². The van der Waals surface area contributed by atoms with Crippen molar-refractivity contribution in [1.29, 1.82) is 0 Å². The average Bonchev–Trinajstić information content (AvgIpc) is 1.33. The molecule has 0 heterocycles. The normalized spacial score (nSPS) is 4.40. The maximum Gasteiger partial charge on any atom is 0.126 e. The van der Waals surface area contributed by atoms with Crippen LogP contribution in [0.3, 0.4) is 0 Å². The minimum Gasteiger partial charge on any atom is -0.323 e. The molecule has 0 aromatic rings. The second-order valence-electron chi connectivity index (χ2n) is 1.41. The highest BCUT2D eigenvalue weighted by Gasteiger charge is 1.62. The third kappa shape index (κ3) is 2450. The average molecular weight is 151 g/mol. The van der Waals surface area contributed by atoms with Crippen molar-refractivity contribution >= 4 is 5.78 Å². The van der Waals surface area contributed by atoms with Crippen molar-refractivity contribution in [3.05, 3.63) is 0 Å². The van der Waals surface area contributed by atoms with Crippen molar-refractivity contribution in [1.82, 2.24) is 5.32 Å². The smallest absolute Gasteiger partial charge is 0.126 e. The highest BCUT2D eigenvalue weighted by atomic mass is 16.1. The van der Waals surface area contributed by atoms with Gasteiger partial charge >= 0.3 is 0 Å². The monoisotopic (exact) mass is 151 g/mol. The molecule has 0 atom stereocenters. The highest BCUT2D eigenvalue weighted by Crippen LogP contribution is 1.50. The molecule has 0 aromatic heterocycles. The van der Waals surface area contributed by atoms with Gasteiger partial charge in [-0.25, -0.2) is 0 Å². The van der Waals surface area contributed by atoms with Crippen molar-refractivity contribution in [2.45, 2.75) is 36.1 Å². The van der Waals surface area contributed by atoms with Crippen LogP contribution in [-0.4, -0.2) is 19.9 Å². The second kappa shape index (κ2) is 38.1. The molecular formula is C8H25NO. The van der Waals surface area contributed by atoms with Crippen LogP contribution < -0.4 is 5.32 Å². The zero-order valence-electron chi connectivity index (χ0n) is 5.41. The first-order valence-corrected chi connectivity index (χ1v) is 2.20. The Hall–Kier alpha value is -0.370. The number of nitrogens with one attached hydrogen (secondary N) is 1. The molecule has 0 bridgehead atoms. The number of carbonyl (C=O) groups is 1. The Morgan fingerprint density at radius 1 is 1.00 bits per heavy atom. The Kier molecular flexibility index (Phi) is 128. The van der Waals surface area contributed by atoms with E-state index in [1.165, 1.54) is 13.8 Å². The summed E-state index contributed by atoms with van der Waals surface area (Å²) in [5.41, 5.74) is 0. The Morgan fingerprint density at radius 3 is 1.00 bits per heavy atom. The summed E-state index contributed by atoms with van der Waals surface area (Å²) in [5.74, 6) is 0.167. The molecule has 0 spiro atoms. The van der Waals surface area contributed by atoms with Gasteiger partial charge in [-0.15, -0.1) is 0 Å². The standard InChI is InChI=1S/C3H6O.C2H7N.3CH4/c1-3(2)4;1-3-2;;;/h1-2H3;3H,1-2H3;3*1H4. The molecule has 0 aliphatic rings. The summed E-state index contributed by atoms with van der Waals surface area (Å²) in [5, 5.41) is 2.75. The third-order valence-electron chi connectivity index (χ3n) is 0. The highest BCUT2D eigenvalue weighted by molar-refractivity contribution is 5.72. The molecule has 68 valence electrons. The number of rotatable bonds is 0. The number of hydrogen-bond acceptors (Lipinski definition) is 2. The first-order chi connectivity index (χ1) is 3.15. The van der Waals surface area contributed by atoms with Crippen LogP contribution in [0.25, 0.3) is 0 Å². The number of ketones is 1. The second-order valence-corrected chi connectivity index (χ2v) is 1.41. The predicted molar refractivity (Wildman–Crippen MR) is 51.5 cm³/mol. The van der Waals surface area contributed by atoms with Gasteiger partial charge in [0, 0.05) is 0 Å². The summed E-state index contributed by atoms with van der Waals surface area (Å²) in [4.78, 5) is 9.44. The Morgan fingerprint density at radius 2 is 1.00 bits per heavy atom. The van der Waals surface area contributed by atoms with Gasteiger partial charge in [-0.3, -0.25) is 0 Å². The minimum atomic E-state index is 0. The maximum absolute atomic E-state index is 9.44. The lowest BCUT2D eigenvalue weighted by Gasteiger charge is -1.59. The van der Waals surface area contributed by atoms with E-state index in [0.717, 1.165) is 0 Å². The molecule has 0 aliphatic carbocycles. The van der Waals surface area contributed by atoms with E-state index in [-0.39, 0.29) is 28.1 Å². The van der Waals surface area contributed by atoms with Crippen LogP contribution in [-0.2, 0) is 4.79 Å². The Bertz CT molecular complexity index is 40.5. The number of carbonyl (C=O) groups excluding carboxylic acids is 1. The molecule has 0 aliphatic heterocycles.